The van der Waals surface area contributed by atoms with Crippen LogP contribution >= 0.6 is 0 Å². The van der Waals surface area contributed by atoms with Gasteiger partial charge in [0.1, 0.15) is 0 Å². The normalized spacial score (nSPS) is 14.9. The first-order chi connectivity index (χ1) is 12.9. The number of hydrogen-bond donors (Lipinski definition) is 1. The summed E-state index contributed by atoms with van der Waals surface area (Å²) in [5.41, 5.74) is 2.79. The molecule has 1 heterocycles. The Morgan fingerprint density at radius 3 is 2.30 bits per heavy atom. The van der Waals surface area contributed by atoms with Crippen LogP contribution in [0.4, 0.5) is 5.69 Å². The highest BCUT2D eigenvalue weighted by Crippen LogP contribution is 2.23. The minimum absolute atomic E-state index is 0.0845. The van der Waals surface area contributed by atoms with E-state index in [9.17, 15) is 13.2 Å². The number of hydrogen-bond acceptors (Lipinski definition) is 4. The Hall–Kier alpha value is -2.22. The summed E-state index contributed by atoms with van der Waals surface area (Å²) in [5, 5.41) is 0. The Morgan fingerprint density at radius 1 is 1.04 bits per heavy atom. The summed E-state index contributed by atoms with van der Waals surface area (Å²) in [6.45, 7) is 1.67. The first-order valence-electron chi connectivity index (χ1n) is 8.98. The number of nitrogens with zero attached hydrogens (tertiary/aromatic N) is 2. The number of amides is 1. The minimum atomic E-state index is -3.62. The third kappa shape index (κ3) is 4.74. The SMILES string of the molecule is CN(C)Cc1ccccc1CNS(=O)(=O)c1ccc(N2CCCC2=O)cc1. The van der Waals surface area contributed by atoms with Gasteiger partial charge < -0.3 is 9.80 Å². The standard InChI is InChI=1S/C20H25N3O3S/c1-22(2)15-17-7-4-3-6-16(17)14-21-27(25,26)19-11-9-18(10-12-19)23-13-5-8-20(23)24/h3-4,6-7,9-12,21H,5,8,13-15H2,1-2H3. The summed E-state index contributed by atoms with van der Waals surface area (Å²) in [6.07, 6.45) is 1.39. The summed E-state index contributed by atoms with van der Waals surface area (Å²) in [6, 6.07) is 14.3. The van der Waals surface area contributed by atoms with Gasteiger partial charge in [0.2, 0.25) is 15.9 Å². The number of nitrogens with one attached hydrogen (secondary N) is 1. The molecular formula is C20H25N3O3S. The number of rotatable bonds is 7. The van der Waals surface area contributed by atoms with Crippen molar-refractivity contribution in [1.82, 2.24) is 9.62 Å². The van der Waals surface area contributed by atoms with Crippen molar-refractivity contribution >= 4 is 21.6 Å². The van der Waals surface area contributed by atoms with Crippen LogP contribution in [0.25, 0.3) is 0 Å². The molecule has 0 aromatic heterocycles. The lowest BCUT2D eigenvalue weighted by Crippen LogP contribution is -2.25. The van der Waals surface area contributed by atoms with Crippen LogP contribution in [0.1, 0.15) is 24.0 Å². The zero-order chi connectivity index (χ0) is 19.4. The van der Waals surface area contributed by atoms with E-state index in [1.54, 1.807) is 29.2 Å². The number of carbonyl (C=O) groups excluding carboxylic acids is 1. The average Bonchev–Trinajstić information content (AvgIpc) is 3.07. The molecule has 1 aliphatic heterocycles. The highest BCUT2D eigenvalue weighted by Gasteiger charge is 2.22. The van der Waals surface area contributed by atoms with Crippen molar-refractivity contribution in [3.05, 3.63) is 59.7 Å². The Labute approximate surface area is 160 Å². The van der Waals surface area contributed by atoms with E-state index in [2.05, 4.69) is 4.72 Å². The smallest absolute Gasteiger partial charge is 0.240 e. The molecule has 7 heteroatoms. The van der Waals surface area contributed by atoms with Crippen LogP contribution in [0.2, 0.25) is 0 Å². The highest BCUT2D eigenvalue weighted by atomic mass is 32.2. The molecule has 1 saturated heterocycles. The Morgan fingerprint density at radius 2 is 1.70 bits per heavy atom. The number of benzene rings is 2. The van der Waals surface area contributed by atoms with Crippen molar-refractivity contribution in [2.45, 2.75) is 30.8 Å². The van der Waals surface area contributed by atoms with Gasteiger partial charge in [-0.25, -0.2) is 13.1 Å². The first-order valence-corrected chi connectivity index (χ1v) is 10.5. The van der Waals surface area contributed by atoms with Gasteiger partial charge in [-0.2, -0.15) is 0 Å². The van der Waals surface area contributed by atoms with Crippen molar-refractivity contribution in [3.8, 4) is 0 Å². The minimum Gasteiger partial charge on any atom is -0.312 e. The maximum absolute atomic E-state index is 12.6. The van der Waals surface area contributed by atoms with E-state index in [4.69, 9.17) is 0 Å². The van der Waals surface area contributed by atoms with Crippen LogP contribution in [0.15, 0.2) is 53.4 Å². The predicted octanol–water partition coefficient (Wildman–Crippen LogP) is 2.35. The summed E-state index contributed by atoms with van der Waals surface area (Å²) in [4.78, 5) is 15.8. The fourth-order valence-electron chi connectivity index (χ4n) is 3.21. The Balaban J connectivity index is 1.71. The van der Waals surface area contributed by atoms with Crippen LogP contribution in [0.3, 0.4) is 0 Å². The maximum Gasteiger partial charge on any atom is 0.240 e. The zero-order valence-corrected chi connectivity index (χ0v) is 16.5. The lowest BCUT2D eigenvalue weighted by Gasteiger charge is -2.16. The quantitative estimate of drug-likeness (QED) is 0.792. The molecule has 27 heavy (non-hydrogen) atoms. The molecule has 0 bridgehead atoms. The van der Waals surface area contributed by atoms with E-state index in [1.807, 2.05) is 43.3 Å². The van der Waals surface area contributed by atoms with E-state index in [0.29, 0.717) is 13.0 Å². The molecule has 1 fully saturated rings. The highest BCUT2D eigenvalue weighted by molar-refractivity contribution is 7.89. The van der Waals surface area contributed by atoms with Gasteiger partial charge >= 0.3 is 0 Å². The van der Waals surface area contributed by atoms with Gasteiger partial charge in [0.15, 0.2) is 0 Å². The molecule has 2 aromatic carbocycles. The van der Waals surface area contributed by atoms with Gasteiger partial charge in [-0.1, -0.05) is 24.3 Å². The summed E-state index contributed by atoms with van der Waals surface area (Å²) in [7, 11) is 0.335. The fraction of sp³-hybridized carbons (Fsp3) is 0.350. The molecule has 1 N–H and O–H groups in total. The first kappa shape index (κ1) is 19.5. The maximum atomic E-state index is 12.6. The predicted molar refractivity (Wildman–Crippen MR) is 106 cm³/mol. The zero-order valence-electron chi connectivity index (χ0n) is 15.7. The Kier molecular flexibility index (Phi) is 5.94. The van der Waals surface area contributed by atoms with Crippen LogP contribution in [-0.2, 0) is 27.9 Å². The molecule has 2 aromatic rings. The monoisotopic (exact) mass is 387 g/mol. The van der Waals surface area contributed by atoms with Crippen molar-refractivity contribution in [3.63, 3.8) is 0 Å². The molecule has 1 amide bonds. The third-order valence-corrected chi connectivity index (χ3v) is 6.01. The molecule has 144 valence electrons. The third-order valence-electron chi connectivity index (χ3n) is 4.59. The molecule has 0 atom stereocenters. The van der Waals surface area contributed by atoms with Gasteiger partial charge in [0, 0.05) is 31.7 Å². The van der Waals surface area contributed by atoms with Crippen LogP contribution in [0.5, 0.6) is 0 Å². The Bertz CT molecular complexity index is 908. The van der Waals surface area contributed by atoms with Crippen molar-refractivity contribution in [2.75, 3.05) is 25.5 Å². The number of sulfonamides is 1. The number of anilines is 1. The second-order valence-corrected chi connectivity index (χ2v) is 8.74. The molecular weight excluding hydrogens is 362 g/mol. The largest absolute Gasteiger partial charge is 0.312 e. The van der Waals surface area contributed by atoms with E-state index in [-0.39, 0.29) is 17.3 Å². The summed E-state index contributed by atoms with van der Waals surface area (Å²) < 4.78 is 27.9. The molecule has 1 aliphatic rings. The van der Waals surface area contributed by atoms with Gasteiger partial charge in [-0.05, 0) is 55.9 Å². The van der Waals surface area contributed by atoms with E-state index in [1.165, 1.54) is 0 Å². The molecule has 0 saturated carbocycles. The van der Waals surface area contributed by atoms with Crippen LogP contribution in [0, 0.1) is 0 Å². The summed E-state index contributed by atoms with van der Waals surface area (Å²) >= 11 is 0. The van der Waals surface area contributed by atoms with Crippen molar-refractivity contribution < 1.29 is 13.2 Å². The molecule has 0 radical (unpaired) electrons. The van der Waals surface area contributed by atoms with E-state index >= 15 is 0 Å². The van der Waals surface area contributed by atoms with Crippen molar-refractivity contribution in [1.29, 1.82) is 0 Å². The van der Waals surface area contributed by atoms with Crippen molar-refractivity contribution in [2.24, 2.45) is 0 Å². The average molecular weight is 388 g/mol. The molecule has 6 nitrogen and oxygen atoms in total. The molecule has 3 rings (SSSR count). The second-order valence-electron chi connectivity index (χ2n) is 6.97. The number of carbonyl (C=O) groups is 1. The summed E-state index contributed by atoms with van der Waals surface area (Å²) in [5.74, 6) is 0.0845. The van der Waals surface area contributed by atoms with E-state index < -0.39 is 10.0 Å². The van der Waals surface area contributed by atoms with Gasteiger partial charge in [-0.3, -0.25) is 4.79 Å². The van der Waals surface area contributed by atoms with Crippen LogP contribution in [-0.4, -0.2) is 39.9 Å². The van der Waals surface area contributed by atoms with Gasteiger partial charge in [0.05, 0.1) is 4.90 Å². The topological polar surface area (TPSA) is 69.7 Å². The van der Waals surface area contributed by atoms with Gasteiger partial charge in [0.25, 0.3) is 0 Å². The molecule has 0 unspecified atom stereocenters. The van der Waals surface area contributed by atoms with E-state index in [0.717, 1.165) is 29.8 Å². The molecule has 0 aliphatic carbocycles. The van der Waals surface area contributed by atoms with Crippen LogP contribution < -0.4 is 9.62 Å². The lowest BCUT2D eigenvalue weighted by atomic mass is 10.1. The second kappa shape index (κ2) is 8.21. The lowest BCUT2D eigenvalue weighted by molar-refractivity contribution is -0.117. The molecule has 0 spiro atoms. The van der Waals surface area contributed by atoms with Gasteiger partial charge in [-0.15, -0.1) is 0 Å². The fourth-order valence-corrected chi connectivity index (χ4v) is 4.21.